The van der Waals surface area contributed by atoms with Crippen LogP contribution < -0.4 is 9.47 Å². The van der Waals surface area contributed by atoms with Gasteiger partial charge in [0.25, 0.3) is 0 Å². The van der Waals surface area contributed by atoms with Crippen LogP contribution in [0.15, 0.2) is 36.4 Å². The fourth-order valence-corrected chi connectivity index (χ4v) is 3.26. The highest BCUT2D eigenvalue weighted by molar-refractivity contribution is 5.74. The summed E-state index contributed by atoms with van der Waals surface area (Å²) in [7, 11) is 4.00. The van der Waals surface area contributed by atoms with Crippen molar-refractivity contribution >= 4 is 5.97 Å². The van der Waals surface area contributed by atoms with Gasteiger partial charge in [-0.2, -0.15) is 0 Å². The molecule has 0 aliphatic carbocycles. The standard InChI is InChI=1S/C21H26O8/c1-27-17-9-12(4-6-15(17)23)8-14(11-22)19(21(26)29-3)20(25)13-5-7-16(24)18(10-13)28-2/h4-7,9-10,14,19-20,22-25H,8,11H2,1-3H3/t14-,19+,20-/m0/s1. The SMILES string of the molecule is COC(=O)[C@H]([C@H](CO)Cc1ccc(O)c(OC)c1)[C@@H](O)c1ccc(O)c(OC)c1. The summed E-state index contributed by atoms with van der Waals surface area (Å²) < 4.78 is 15.0. The minimum Gasteiger partial charge on any atom is -0.504 e. The van der Waals surface area contributed by atoms with Crippen LogP contribution in [0.4, 0.5) is 0 Å². The number of benzene rings is 2. The fraction of sp³-hybridized carbons (Fsp3) is 0.381. The zero-order chi connectivity index (χ0) is 21.6. The van der Waals surface area contributed by atoms with Crippen LogP contribution in [0.3, 0.4) is 0 Å². The second-order valence-electron chi connectivity index (χ2n) is 6.58. The number of methoxy groups -OCH3 is 3. The molecule has 0 fully saturated rings. The molecule has 2 rings (SSSR count). The van der Waals surface area contributed by atoms with Crippen molar-refractivity contribution < 1.29 is 39.4 Å². The normalized spacial score (nSPS) is 14.0. The Morgan fingerprint density at radius 2 is 1.55 bits per heavy atom. The zero-order valence-electron chi connectivity index (χ0n) is 16.5. The molecule has 0 saturated heterocycles. The maximum absolute atomic E-state index is 12.5. The molecule has 0 spiro atoms. The Labute approximate surface area is 168 Å². The Morgan fingerprint density at radius 1 is 0.966 bits per heavy atom. The van der Waals surface area contributed by atoms with Crippen LogP contribution in [-0.2, 0) is 16.0 Å². The summed E-state index contributed by atoms with van der Waals surface area (Å²) in [5.41, 5.74) is 1.03. The molecule has 0 aliphatic heterocycles. The molecule has 0 saturated carbocycles. The maximum Gasteiger partial charge on any atom is 0.312 e. The van der Waals surface area contributed by atoms with E-state index < -0.39 is 30.5 Å². The summed E-state index contributed by atoms with van der Waals surface area (Å²) in [6.45, 7) is -0.394. The van der Waals surface area contributed by atoms with Crippen molar-refractivity contribution in [2.45, 2.75) is 12.5 Å². The van der Waals surface area contributed by atoms with Gasteiger partial charge in [0, 0.05) is 12.5 Å². The number of rotatable bonds is 9. The molecular weight excluding hydrogens is 380 g/mol. The molecule has 0 amide bonds. The molecule has 29 heavy (non-hydrogen) atoms. The van der Waals surface area contributed by atoms with Gasteiger partial charge in [-0.3, -0.25) is 4.79 Å². The van der Waals surface area contributed by atoms with Crippen molar-refractivity contribution in [3.63, 3.8) is 0 Å². The van der Waals surface area contributed by atoms with Crippen LogP contribution in [0.2, 0.25) is 0 Å². The third-order valence-corrected chi connectivity index (χ3v) is 4.84. The Kier molecular flexibility index (Phi) is 7.69. The molecule has 2 aromatic rings. The lowest BCUT2D eigenvalue weighted by Gasteiger charge is -2.28. The first-order valence-corrected chi connectivity index (χ1v) is 8.95. The van der Waals surface area contributed by atoms with E-state index in [1.165, 1.54) is 45.6 Å². The zero-order valence-corrected chi connectivity index (χ0v) is 16.5. The highest BCUT2D eigenvalue weighted by atomic mass is 16.5. The molecule has 0 bridgehead atoms. The lowest BCUT2D eigenvalue weighted by atomic mass is 9.81. The quantitative estimate of drug-likeness (QED) is 0.465. The van der Waals surface area contributed by atoms with Gasteiger partial charge in [0.2, 0.25) is 0 Å². The summed E-state index contributed by atoms with van der Waals surface area (Å²) in [5.74, 6) is -2.18. The molecule has 0 radical (unpaired) electrons. The van der Waals surface area contributed by atoms with E-state index in [4.69, 9.17) is 14.2 Å². The molecule has 3 atom stereocenters. The van der Waals surface area contributed by atoms with Gasteiger partial charge in [0.15, 0.2) is 23.0 Å². The average Bonchev–Trinajstić information content (AvgIpc) is 2.74. The second-order valence-corrected chi connectivity index (χ2v) is 6.58. The van der Waals surface area contributed by atoms with Gasteiger partial charge in [-0.1, -0.05) is 12.1 Å². The first kappa shape index (κ1) is 22.3. The van der Waals surface area contributed by atoms with Gasteiger partial charge >= 0.3 is 5.97 Å². The second kappa shape index (κ2) is 9.99. The minimum absolute atomic E-state index is 0.0301. The van der Waals surface area contributed by atoms with Crippen molar-refractivity contribution in [3.8, 4) is 23.0 Å². The largest absolute Gasteiger partial charge is 0.504 e. The van der Waals surface area contributed by atoms with Crippen LogP contribution in [0.25, 0.3) is 0 Å². The van der Waals surface area contributed by atoms with Gasteiger partial charge < -0.3 is 34.6 Å². The van der Waals surface area contributed by atoms with Gasteiger partial charge in [-0.05, 0) is 41.8 Å². The van der Waals surface area contributed by atoms with Gasteiger partial charge in [0.1, 0.15) is 0 Å². The molecule has 8 heteroatoms. The van der Waals surface area contributed by atoms with Crippen LogP contribution in [-0.4, -0.2) is 54.3 Å². The summed E-state index contributed by atoms with van der Waals surface area (Å²) in [6.07, 6.45) is -1.09. The van der Waals surface area contributed by atoms with Crippen molar-refractivity contribution in [1.29, 1.82) is 0 Å². The number of ether oxygens (including phenoxy) is 3. The number of phenolic OH excluding ortho intramolecular Hbond substituents is 2. The molecule has 0 aliphatic rings. The Morgan fingerprint density at radius 3 is 2.10 bits per heavy atom. The molecule has 2 aromatic carbocycles. The number of esters is 1. The monoisotopic (exact) mass is 406 g/mol. The number of carbonyl (C=O) groups is 1. The smallest absolute Gasteiger partial charge is 0.312 e. The number of aromatic hydroxyl groups is 2. The minimum atomic E-state index is -1.31. The predicted octanol–water partition coefficient (Wildman–Crippen LogP) is 1.79. The molecule has 0 unspecified atom stereocenters. The Balaban J connectivity index is 2.37. The predicted molar refractivity (Wildman–Crippen MR) is 104 cm³/mol. The van der Waals surface area contributed by atoms with E-state index in [-0.39, 0.29) is 29.4 Å². The number of carbonyl (C=O) groups excluding carboxylic acids is 1. The van der Waals surface area contributed by atoms with Crippen LogP contribution in [0.1, 0.15) is 17.2 Å². The van der Waals surface area contributed by atoms with Crippen molar-refractivity contribution in [2.75, 3.05) is 27.9 Å². The summed E-state index contributed by atoms with van der Waals surface area (Å²) in [4.78, 5) is 12.5. The van der Waals surface area contributed by atoms with Gasteiger partial charge in [0.05, 0.1) is 33.4 Å². The van der Waals surface area contributed by atoms with Gasteiger partial charge in [-0.25, -0.2) is 0 Å². The first-order chi connectivity index (χ1) is 13.9. The van der Waals surface area contributed by atoms with Crippen molar-refractivity contribution in [2.24, 2.45) is 11.8 Å². The number of phenols is 2. The molecule has 0 aromatic heterocycles. The lowest BCUT2D eigenvalue weighted by molar-refractivity contribution is -0.153. The molecule has 4 N–H and O–H groups in total. The van der Waals surface area contributed by atoms with E-state index in [0.717, 1.165) is 0 Å². The molecule has 0 heterocycles. The topological polar surface area (TPSA) is 126 Å². The number of hydrogen-bond donors (Lipinski definition) is 4. The Hall–Kier alpha value is -2.97. The highest BCUT2D eigenvalue weighted by Gasteiger charge is 2.36. The van der Waals surface area contributed by atoms with Crippen LogP contribution in [0.5, 0.6) is 23.0 Å². The maximum atomic E-state index is 12.5. The third kappa shape index (κ3) is 5.10. The van der Waals surface area contributed by atoms with E-state index in [1.807, 2.05) is 0 Å². The van der Waals surface area contributed by atoms with E-state index in [9.17, 15) is 25.2 Å². The first-order valence-electron chi connectivity index (χ1n) is 8.95. The number of aliphatic hydroxyl groups excluding tert-OH is 2. The highest BCUT2D eigenvalue weighted by Crippen LogP contribution is 2.36. The number of aliphatic hydroxyl groups is 2. The van der Waals surface area contributed by atoms with Crippen molar-refractivity contribution in [1.82, 2.24) is 0 Å². The summed E-state index contributed by atoms with van der Waals surface area (Å²) >= 11 is 0. The van der Waals surface area contributed by atoms with E-state index in [2.05, 4.69) is 0 Å². The Bertz CT molecular complexity index is 835. The third-order valence-electron chi connectivity index (χ3n) is 4.84. The summed E-state index contributed by atoms with van der Waals surface area (Å²) in [6, 6.07) is 8.94. The average molecular weight is 406 g/mol. The van der Waals surface area contributed by atoms with Crippen LogP contribution in [0, 0.1) is 11.8 Å². The lowest BCUT2D eigenvalue weighted by Crippen LogP contribution is -2.34. The molecular formula is C21H26O8. The van der Waals surface area contributed by atoms with E-state index in [1.54, 1.807) is 12.1 Å². The summed E-state index contributed by atoms with van der Waals surface area (Å²) in [5, 5.41) is 40.4. The van der Waals surface area contributed by atoms with Crippen LogP contribution >= 0.6 is 0 Å². The van der Waals surface area contributed by atoms with E-state index >= 15 is 0 Å². The fourth-order valence-electron chi connectivity index (χ4n) is 3.26. The molecule has 158 valence electrons. The molecule has 8 nitrogen and oxygen atoms in total. The number of hydrogen-bond acceptors (Lipinski definition) is 8. The van der Waals surface area contributed by atoms with E-state index in [0.29, 0.717) is 11.1 Å². The van der Waals surface area contributed by atoms with Gasteiger partial charge in [-0.15, -0.1) is 0 Å². The van der Waals surface area contributed by atoms with Crippen molar-refractivity contribution in [3.05, 3.63) is 47.5 Å².